The van der Waals surface area contributed by atoms with E-state index >= 15 is 0 Å². The number of aliphatic hydroxyl groups excluding tert-OH is 1. The van der Waals surface area contributed by atoms with Crippen LogP contribution in [0.4, 0.5) is 0 Å². The zero-order valence-electron chi connectivity index (χ0n) is 27.8. The second-order valence-corrected chi connectivity index (χ2v) is 17.2. The molecular formula is C37H58O4. The van der Waals surface area contributed by atoms with Gasteiger partial charge >= 0.3 is 0 Å². The normalized spacial score (nSPS) is 46.5. The molecule has 4 saturated carbocycles. The lowest BCUT2D eigenvalue weighted by Gasteiger charge is -2.72. The van der Waals surface area contributed by atoms with E-state index in [1.165, 1.54) is 5.57 Å². The van der Waals surface area contributed by atoms with E-state index in [-0.39, 0.29) is 62.0 Å². The molecular weight excluding hydrogens is 508 g/mol. The highest BCUT2D eigenvalue weighted by Crippen LogP contribution is 2.78. The molecule has 0 aromatic rings. The van der Waals surface area contributed by atoms with Gasteiger partial charge in [0.1, 0.15) is 0 Å². The van der Waals surface area contributed by atoms with Gasteiger partial charge in [0, 0.05) is 16.9 Å². The second-order valence-electron chi connectivity index (χ2n) is 17.2. The number of unbranched alkanes of at least 4 members (excludes halogenated alkanes) is 1. The highest BCUT2D eigenvalue weighted by atomic mass is 16.5. The Morgan fingerprint density at radius 1 is 0.951 bits per heavy atom. The average molecular weight is 567 g/mol. The Morgan fingerprint density at radius 2 is 1.61 bits per heavy atom. The van der Waals surface area contributed by atoms with Gasteiger partial charge in [0.2, 0.25) is 0 Å². The summed E-state index contributed by atoms with van der Waals surface area (Å²) in [6.07, 6.45) is 14.1. The number of Topliss-reactive ketones (excluding diaryl/α,β-unsaturated/α-hetero) is 1. The standard InChI is InChI=1S/C37H58O4/c1-11-12-13-28(39)37-18-14-31(2,3)22-25(37)29-26(38)20-27-33(6,34(29,7)16-19-37)15-17-36(9)32(4,5)30(40)24(23-41-10)21-35(27,36)8/h20,23,25,28-29,39H,11-19,21-22H2,1-10H3. The molecule has 5 aliphatic rings. The highest BCUT2D eigenvalue weighted by Gasteiger charge is 2.73. The number of aliphatic hydroxyl groups is 1. The second kappa shape index (κ2) is 9.54. The van der Waals surface area contributed by atoms with Crippen molar-refractivity contribution in [3.63, 3.8) is 0 Å². The number of hydrogen-bond donors (Lipinski definition) is 1. The molecule has 0 aromatic carbocycles. The summed E-state index contributed by atoms with van der Waals surface area (Å²) in [7, 11) is 1.62. The molecule has 41 heavy (non-hydrogen) atoms. The topological polar surface area (TPSA) is 63.6 Å². The first-order valence-corrected chi connectivity index (χ1v) is 16.6. The minimum absolute atomic E-state index is 0.0685. The van der Waals surface area contributed by atoms with Crippen LogP contribution in [0.1, 0.15) is 133 Å². The number of fused-ring (bicyclic) bond motifs is 7. The lowest BCUT2D eigenvalue weighted by atomic mass is 9.31. The van der Waals surface area contributed by atoms with Gasteiger partial charge in [0.15, 0.2) is 11.6 Å². The molecule has 0 saturated heterocycles. The Bertz CT molecular complexity index is 1180. The van der Waals surface area contributed by atoms with E-state index < -0.39 is 5.41 Å². The molecule has 4 nitrogen and oxygen atoms in total. The summed E-state index contributed by atoms with van der Waals surface area (Å²) in [5.74, 6) is 0.601. The van der Waals surface area contributed by atoms with Gasteiger partial charge in [-0.3, -0.25) is 9.59 Å². The van der Waals surface area contributed by atoms with E-state index in [0.29, 0.717) is 6.42 Å². The maximum Gasteiger partial charge on any atom is 0.168 e. The number of allylic oxidation sites excluding steroid dienone is 3. The number of rotatable bonds is 5. The summed E-state index contributed by atoms with van der Waals surface area (Å²) in [6.45, 7) is 20.7. The van der Waals surface area contributed by atoms with Gasteiger partial charge in [-0.25, -0.2) is 0 Å². The fourth-order valence-corrected chi connectivity index (χ4v) is 11.5. The van der Waals surface area contributed by atoms with Crippen molar-refractivity contribution in [3.8, 4) is 0 Å². The van der Waals surface area contributed by atoms with E-state index in [4.69, 9.17) is 4.74 Å². The van der Waals surface area contributed by atoms with Crippen LogP contribution >= 0.6 is 0 Å². The Hall–Kier alpha value is -1.42. The third-order valence-electron chi connectivity index (χ3n) is 14.9. The zero-order valence-corrected chi connectivity index (χ0v) is 27.8. The summed E-state index contributed by atoms with van der Waals surface area (Å²) in [5, 5.41) is 11.8. The summed E-state index contributed by atoms with van der Waals surface area (Å²) in [5.41, 5.74) is 0.561. The molecule has 0 heterocycles. The number of ether oxygens (including phenoxy) is 1. The van der Waals surface area contributed by atoms with Gasteiger partial charge in [-0.05, 0) is 102 Å². The molecule has 0 aromatic heterocycles. The number of ketones is 2. The summed E-state index contributed by atoms with van der Waals surface area (Å²) >= 11 is 0. The minimum Gasteiger partial charge on any atom is -0.504 e. The maximum atomic E-state index is 14.8. The zero-order chi connectivity index (χ0) is 30.4. The van der Waals surface area contributed by atoms with Crippen molar-refractivity contribution in [2.45, 2.75) is 139 Å². The number of hydrogen-bond acceptors (Lipinski definition) is 4. The van der Waals surface area contributed by atoms with Gasteiger partial charge in [0.05, 0.1) is 19.5 Å². The molecule has 5 aliphatic carbocycles. The van der Waals surface area contributed by atoms with Crippen LogP contribution in [0.3, 0.4) is 0 Å². The summed E-state index contributed by atoms with van der Waals surface area (Å²) in [4.78, 5) is 28.5. The third-order valence-corrected chi connectivity index (χ3v) is 14.9. The molecule has 0 radical (unpaired) electrons. The quantitative estimate of drug-likeness (QED) is 0.267. The molecule has 0 spiro atoms. The van der Waals surface area contributed by atoms with Crippen LogP contribution in [0.5, 0.6) is 0 Å². The monoisotopic (exact) mass is 566 g/mol. The van der Waals surface area contributed by atoms with E-state index in [2.05, 4.69) is 68.4 Å². The van der Waals surface area contributed by atoms with Gasteiger partial charge in [-0.1, -0.05) is 80.7 Å². The van der Waals surface area contributed by atoms with Crippen molar-refractivity contribution >= 4 is 11.6 Å². The van der Waals surface area contributed by atoms with Gasteiger partial charge in [0.25, 0.3) is 0 Å². The minimum atomic E-state index is -0.564. The Kier molecular flexibility index (Phi) is 7.22. The van der Waals surface area contributed by atoms with Gasteiger partial charge in [-0.2, -0.15) is 0 Å². The first-order valence-electron chi connectivity index (χ1n) is 16.6. The lowest BCUT2D eigenvalue weighted by molar-refractivity contribution is -0.201. The van der Waals surface area contributed by atoms with Crippen LogP contribution in [0.15, 0.2) is 23.5 Å². The van der Waals surface area contributed by atoms with Crippen LogP contribution < -0.4 is 0 Å². The number of carbonyl (C=O) groups excluding carboxylic acids is 2. The van der Waals surface area contributed by atoms with Crippen LogP contribution in [-0.2, 0) is 14.3 Å². The number of methoxy groups -OCH3 is 1. The Balaban J connectivity index is 1.67. The Labute approximate surface area is 250 Å². The average Bonchev–Trinajstić information content (AvgIpc) is 2.89. The molecule has 0 bridgehead atoms. The van der Waals surface area contributed by atoms with Crippen molar-refractivity contribution in [1.29, 1.82) is 0 Å². The molecule has 230 valence electrons. The summed E-state index contributed by atoms with van der Waals surface area (Å²) in [6, 6.07) is 0. The molecule has 4 heteroatoms. The van der Waals surface area contributed by atoms with Crippen molar-refractivity contribution in [2.75, 3.05) is 7.11 Å². The lowest BCUT2D eigenvalue weighted by Crippen LogP contribution is -2.68. The molecule has 1 N–H and O–H groups in total. The first kappa shape index (κ1) is 31.0. The van der Waals surface area contributed by atoms with E-state index in [9.17, 15) is 14.7 Å². The smallest absolute Gasteiger partial charge is 0.168 e. The largest absolute Gasteiger partial charge is 0.504 e. The third kappa shape index (κ3) is 3.86. The number of carbonyl (C=O) groups is 2. The van der Waals surface area contributed by atoms with Crippen molar-refractivity contribution < 1.29 is 19.4 Å². The molecule has 4 fully saturated rings. The van der Waals surface area contributed by atoms with Gasteiger partial charge in [-0.15, -0.1) is 0 Å². The molecule has 0 aliphatic heterocycles. The maximum absolute atomic E-state index is 14.8. The predicted molar refractivity (Wildman–Crippen MR) is 165 cm³/mol. The fraction of sp³-hybridized carbons (Fsp3) is 0.838. The van der Waals surface area contributed by atoms with Crippen molar-refractivity contribution in [3.05, 3.63) is 23.5 Å². The van der Waals surface area contributed by atoms with E-state index in [0.717, 1.165) is 69.8 Å². The summed E-state index contributed by atoms with van der Waals surface area (Å²) < 4.78 is 5.44. The molecule has 8 unspecified atom stereocenters. The van der Waals surface area contributed by atoms with Gasteiger partial charge < -0.3 is 9.84 Å². The van der Waals surface area contributed by atoms with Crippen LogP contribution in [0, 0.1) is 49.7 Å². The Morgan fingerprint density at radius 3 is 2.24 bits per heavy atom. The highest BCUT2D eigenvalue weighted by molar-refractivity contribution is 6.02. The molecule has 0 amide bonds. The predicted octanol–water partition coefficient (Wildman–Crippen LogP) is 8.62. The van der Waals surface area contributed by atoms with E-state index in [1.807, 2.05) is 0 Å². The van der Waals surface area contributed by atoms with Crippen LogP contribution in [0.25, 0.3) is 0 Å². The van der Waals surface area contributed by atoms with Crippen molar-refractivity contribution in [2.24, 2.45) is 49.7 Å². The fourth-order valence-electron chi connectivity index (χ4n) is 11.5. The first-order chi connectivity index (χ1) is 18.9. The molecule has 8 atom stereocenters. The van der Waals surface area contributed by atoms with Crippen LogP contribution in [0.2, 0.25) is 0 Å². The van der Waals surface area contributed by atoms with Crippen molar-refractivity contribution in [1.82, 2.24) is 0 Å². The SMILES string of the molecule is CCCCC(O)C12CCC(C)(C)CC1C1C(=O)C=C3C(C)(CCC4(C)C(C)(C)C(=O)C(=COC)CC34C)C1(C)CC2. The van der Waals surface area contributed by atoms with E-state index in [1.54, 1.807) is 13.4 Å². The molecule has 5 rings (SSSR count). The van der Waals surface area contributed by atoms with Crippen LogP contribution in [-0.4, -0.2) is 29.9 Å².